The number of hydrogen-bond donors (Lipinski definition) is 2. The van der Waals surface area contributed by atoms with Gasteiger partial charge in [0.15, 0.2) is 5.96 Å². The number of rotatable bonds is 4. The number of benzene rings is 1. The van der Waals surface area contributed by atoms with Crippen LogP contribution in [0.5, 0.6) is 0 Å². The molecule has 0 saturated carbocycles. The van der Waals surface area contributed by atoms with Crippen LogP contribution in [0.2, 0.25) is 0 Å². The van der Waals surface area contributed by atoms with Crippen molar-refractivity contribution in [1.29, 1.82) is 0 Å². The summed E-state index contributed by atoms with van der Waals surface area (Å²) >= 11 is 1.68. The summed E-state index contributed by atoms with van der Waals surface area (Å²) in [5.41, 5.74) is 11.0. The predicted octanol–water partition coefficient (Wildman–Crippen LogP) is 3.51. The molecule has 0 radical (unpaired) electrons. The first kappa shape index (κ1) is 15.0. The second-order valence-electron chi connectivity index (χ2n) is 5.56. The van der Waals surface area contributed by atoms with Gasteiger partial charge in [-0.1, -0.05) is 19.1 Å². The van der Waals surface area contributed by atoms with Gasteiger partial charge >= 0.3 is 0 Å². The third-order valence-corrected chi connectivity index (χ3v) is 5.01. The molecule has 0 unspecified atom stereocenters. The van der Waals surface area contributed by atoms with Crippen molar-refractivity contribution in [2.45, 2.75) is 45.6 Å². The minimum atomic E-state index is 0.463. The van der Waals surface area contributed by atoms with Crippen molar-refractivity contribution in [2.75, 3.05) is 5.32 Å². The Morgan fingerprint density at radius 3 is 3.05 bits per heavy atom. The lowest BCUT2D eigenvalue weighted by Gasteiger charge is -2.19. The first-order valence-electron chi connectivity index (χ1n) is 7.87. The molecule has 4 nitrogen and oxygen atoms in total. The summed E-state index contributed by atoms with van der Waals surface area (Å²) in [6.45, 7) is 2.64. The number of aromatic nitrogens is 1. The number of nitrogens with zero attached hydrogens (tertiary/aromatic N) is 2. The summed E-state index contributed by atoms with van der Waals surface area (Å²) in [5.74, 6) is 0.463. The quantitative estimate of drug-likeness (QED) is 0.670. The fraction of sp³-hybridized carbons (Fsp3) is 0.412. The van der Waals surface area contributed by atoms with E-state index in [1.54, 1.807) is 11.3 Å². The van der Waals surface area contributed by atoms with E-state index in [4.69, 9.17) is 5.73 Å². The zero-order valence-corrected chi connectivity index (χ0v) is 13.7. The zero-order valence-electron chi connectivity index (χ0n) is 12.9. The Labute approximate surface area is 135 Å². The SMILES string of the molecule is CCc1nc(CN=C(N)Nc2cccc3c2CCCC3)cs1. The molecule has 1 aromatic carbocycles. The average molecular weight is 314 g/mol. The second kappa shape index (κ2) is 6.92. The van der Waals surface area contributed by atoms with E-state index < -0.39 is 0 Å². The van der Waals surface area contributed by atoms with Gasteiger partial charge in [0.1, 0.15) is 0 Å². The first-order valence-corrected chi connectivity index (χ1v) is 8.75. The summed E-state index contributed by atoms with van der Waals surface area (Å²) in [6, 6.07) is 6.40. The third kappa shape index (κ3) is 3.47. The molecule has 0 bridgehead atoms. The molecule has 0 fully saturated rings. The minimum absolute atomic E-state index is 0.463. The normalized spacial score (nSPS) is 14.7. The number of guanidine groups is 1. The van der Waals surface area contributed by atoms with Crippen LogP contribution in [0.1, 0.15) is 41.6 Å². The molecular weight excluding hydrogens is 292 g/mol. The molecule has 116 valence electrons. The minimum Gasteiger partial charge on any atom is -0.370 e. The summed E-state index contributed by atoms with van der Waals surface area (Å²) in [5, 5.41) is 6.47. The van der Waals surface area contributed by atoms with Crippen LogP contribution in [-0.4, -0.2) is 10.9 Å². The fourth-order valence-corrected chi connectivity index (χ4v) is 3.56. The number of hydrogen-bond acceptors (Lipinski definition) is 3. The van der Waals surface area contributed by atoms with Crippen molar-refractivity contribution in [3.05, 3.63) is 45.4 Å². The highest BCUT2D eigenvalue weighted by molar-refractivity contribution is 7.09. The summed E-state index contributed by atoms with van der Waals surface area (Å²) < 4.78 is 0. The van der Waals surface area contributed by atoms with E-state index in [2.05, 4.69) is 45.8 Å². The summed E-state index contributed by atoms with van der Waals surface area (Å²) in [6.07, 6.45) is 5.79. The maximum Gasteiger partial charge on any atom is 0.193 e. The van der Waals surface area contributed by atoms with Crippen molar-refractivity contribution in [3.63, 3.8) is 0 Å². The Morgan fingerprint density at radius 1 is 1.36 bits per heavy atom. The van der Waals surface area contributed by atoms with Crippen molar-refractivity contribution >= 4 is 23.0 Å². The molecule has 2 aromatic rings. The van der Waals surface area contributed by atoms with Crippen LogP contribution in [-0.2, 0) is 25.8 Å². The van der Waals surface area contributed by atoms with Gasteiger partial charge in [0.25, 0.3) is 0 Å². The van der Waals surface area contributed by atoms with Gasteiger partial charge in [-0.25, -0.2) is 9.98 Å². The van der Waals surface area contributed by atoms with Crippen molar-refractivity contribution in [1.82, 2.24) is 4.98 Å². The standard InChI is InChI=1S/C17H22N4S/c1-2-16-20-13(11-22-16)10-19-17(18)21-15-9-5-7-12-6-3-4-8-14(12)15/h5,7,9,11H,2-4,6,8,10H2,1H3,(H3,18,19,21). The molecule has 1 aromatic heterocycles. The molecule has 0 atom stereocenters. The van der Waals surface area contributed by atoms with E-state index >= 15 is 0 Å². The van der Waals surface area contributed by atoms with Gasteiger partial charge in [0, 0.05) is 11.1 Å². The average Bonchev–Trinajstić information content (AvgIpc) is 3.01. The van der Waals surface area contributed by atoms with Crippen molar-refractivity contribution < 1.29 is 0 Å². The Kier molecular flexibility index (Phi) is 4.73. The zero-order chi connectivity index (χ0) is 15.4. The Morgan fingerprint density at radius 2 is 2.23 bits per heavy atom. The topological polar surface area (TPSA) is 63.3 Å². The Balaban J connectivity index is 1.68. The molecule has 0 spiro atoms. The summed E-state index contributed by atoms with van der Waals surface area (Å²) in [4.78, 5) is 8.92. The van der Waals surface area contributed by atoms with Crippen LogP contribution >= 0.6 is 11.3 Å². The number of nitrogens with two attached hydrogens (primary N) is 1. The van der Waals surface area contributed by atoms with Crippen LogP contribution in [0.25, 0.3) is 0 Å². The largest absolute Gasteiger partial charge is 0.370 e. The lowest BCUT2D eigenvalue weighted by Crippen LogP contribution is -2.24. The molecule has 5 heteroatoms. The number of aliphatic imine (C=N–C) groups is 1. The fourth-order valence-electron chi connectivity index (χ4n) is 2.83. The molecule has 1 heterocycles. The number of fused-ring (bicyclic) bond motifs is 1. The van der Waals surface area contributed by atoms with E-state index in [9.17, 15) is 0 Å². The maximum atomic E-state index is 6.04. The van der Waals surface area contributed by atoms with Gasteiger partial charge in [0.2, 0.25) is 0 Å². The van der Waals surface area contributed by atoms with Gasteiger partial charge in [-0.3, -0.25) is 0 Å². The van der Waals surface area contributed by atoms with Gasteiger partial charge in [-0.15, -0.1) is 11.3 Å². The van der Waals surface area contributed by atoms with Crippen molar-refractivity contribution in [2.24, 2.45) is 10.7 Å². The number of aryl methyl sites for hydroxylation is 2. The predicted molar refractivity (Wildman–Crippen MR) is 93.5 cm³/mol. The van der Waals surface area contributed by atoms with E-state index in [-0.39, 0.29) is 0 Å². The van der Waals surface area contributed by atoms with Gasteiger partial charge in [-0.05, 0) is 49.3 Å². The monoisotopic (exact) mass is 314 g/mol. The molecule has 1 aliphatic rings. The highest BCUT2D eigenvalue weighted by Crippen LogP contribution is 2.27. The molecule has 3 rings (SSSR count). The van der Waals surface area contributed by atoms with Crippen LogP contribution in [0.3, 0.4) is 0 Å². The maximum absolute atomic E-state index is 6.04. The van der Waals surface area contributed by atoms with E-state index in [1.807, 2.05) is 0 Å². The van der Waals surface area contributed by atoms with Crippen LogP contribution in [0, 0.1) is 0 Å². The van der Waals surface area contributed by atoms with E-state index in [0.29, 0.717) is 12.5 Å². The van der Waals surface area contributed by atoms with Gasteiger partial charge in [0.05, 0.1) is 17.2 Å². The van der Waals surface area contributed by atoms with Crippen LogP contribution < -0.4 is 11.1 Å². The molecule has 0 saturated heterocycles. The number of nitrogens with one attached hydrogen (secondary N) is 1. The smallest absolute Gasteiger partial charge is 0.193 e. The lowest BCUT2D eigenvalue weighted by molar-refractivity contribution is 0.687. The number of anilines is 1. The van der Waals surface area contributed by atoms with E-state index in [1.165, 1.54) is 30.4 Å². The Bertz CT molecular complexity index is 675. The Hall–Kier alpha value is -1.88. The van der Waals surface area contributed by atoms with E-state index in [0.717, 1.165) is 29.2 Å². The number of thiazole rings is 1. The van der Waals surface area contributed by atoms with Crippen molar-refractivity contribution in [3.8, 4) is 0 Å². The first-order chi connectivity index (χ1) is 10.8. The van der Waals surface area contributed by atoms with Gasteiger partial charge in [-0.2, -0.15) is 0 Å². The molecular formula is C17H22N4S. The second-order valence-corrected chi connectivity index (χ2v) is 6.51. The molecule has 1 aliphatic carbocycles. The molecule has 22 heavy (non-hydrogen) atoms. The highest BCUT2D eigenvalue weighted by atomic mass is 32.1. The summed E-state index contributed by atoms with van der Waals surface area (Å²) in [7, 11) is 0. The molecule has 3 N–H and O–H groups in total. The molecule has 0 amide bonds. The molecule has 0 aliphatic heterocycles. The van der Waals surface area contributed by atoms with Crippen LogP contribution in [0.15, 0.2) is 28.6 Å². The third-order valence-electron chi connectivity index (χ3n) is 3.97. The highest BCUT2D eigenvalue weighted by Gasteiger charge is 2.13. The van der Waals surface area contributed by atoms with Crippen LogP contribution in [0.4, 0.5) is 5.69 Å². The lowest BCUT2D eigenvalue weighted by atomic mass is 9.90. The van der Waals surface area contributed by atoms with Gasteiger partial charge < -0.3 is 11.1 Å².